The highest BCUT2D eigenvalue weighted by Crippen LogP contribution is 2.25. The Morgan fingerprint density at radius 1 is 1.22 bits per heavy atom. The number of rotatable bonds is 8. The summed E-state index contributed by atoms with van der Waals surface area (Å²) in [6.45, 7) is 2.09. The van der Waals surface area contributed by atoms with Gasteiger partial charge < -0.3 is 15.6 Å². The molecular formula is C20H26N8O2S2. The lowest BCUT2D eigenvalue weighted by Gasteiger charge is -2.10. The van der Waals surface area contributed by atoms with E-state index in [0.29, 0.717) is 35.5 Å². The average molecular weight is 475 g/mol. The van der Waals surface area contributed by atoms with Crippen LogP contribution in [-0.4, -0.2) is 49.6 Å². The number of anilines is 3. The quantitative estimate of drug-likeness (QED) is 0.466. The third kappa shape index (κ3) is 5.36. The fourth-order valence-corrected chi connectivity index (χ4v) is 6.34. The van der Waals surface area contributed by atoms with E-state index in [2.05, 4.69) is 43.5 Å². The summed E-state index contributed by atoms with van der Waals surface area (Å²) in [4.78, 5) is 12.9. The number of hydrogen-bond acceptors (Lipinski definition) is 10. The minimum absolute atomic E-state index is 0.101. The summed E-state index contributed by atoms with van der Waals surface area (Å²) >= 11 is 1.45. The Morgan fingerprint density at radius 3 is 2.78 bits per heavy atom. The van der Waals surface area contributed by atoms with Gasteiger partial charge in [-0.2, -0.15) is 15.0 Å². The van der Waals surface area contributed by atoms with Gasteiger partial charge >= 0.3 is 0 Å². The minimum Gasteiger partial charge on any atom is -0.368 e. The molecule has 32 heavy (non-hydrogen) atoms. The van der Waals surface area contributed by atoms with Crippen molar-refractivity contribution in [1.29, 1.82) is 0 Å². The topological polar surface area (TPSA) is 142 Å². The van der Waals surface area contributed by atoms with Gasteiger partial charge in [0.15, 0.2) is 15.0 Å². The van der Waals surface area contributed by atoms with Crippen LogP contribution in [0.2, 0.25) is 0 Å². The fourth-order valence-electron chi connectivity index (χ4n) is 3.70. The Morgan fingerprint density at radius 2 is 2.03 bits per heavy atom. The summed E-state index contributed by atoms with van der Waals surface area (Å²) in [5.74, 6) is 2.89. The second-order valence-electron chi connectivity index (χ2n) is 7.79. The van der Waals surface area contributed by atoms with Crippen molar-refractivity contribution in [3.63, 3.8) is 0 Å². The molecule has 0 radical (unpaired) electrons. The van der Waals surface area contributed by atoms with E-state index in [4.69, 9.17) is 5.73 Å². The van der Waals surface area contributed by atoms with Crippen molar-refractivity contribution < 1.29 is 8.42 Å². The molecule has 3 N–H and O–H groups in total. The van der Waals surface area contributed by atoms with E-state index >= 15 is 0 Å². The van der Waals surface area contributed by atoms with Crippen LogP contribution in [0.5, 0.6) is 0 Å². The van der Waals surface area contributed by atoms with E-state index in [1.165, 1.54) is 11.8 Å². The highest BCUT2D eigenvalue weighted by molar-refractivity contribution is 7.98. The van der Waals surface area contributed by atoms with Crippen LogP contribution in [0, 0.1) is 5.92 Å². The van der Waals surface area contributed by atoms with Crippen molar-refractivity contribution in [3.05, 3.63) is 41.5 Å². The van der Waals surface area contributed by atoms with Crippen LogP contribution in [-0.2, 0) is 35.5 Å². The molecule has 1 unspecified atom stereocenters. The van der Waals surface area contributed by atoms with Crippen LogP contribution >= 0.6 is 11.8 Å². The monoisotopic (exact) mass is 474 g/mol. The molecule has 170 valence electrons. The second-order valence-corrected chi connectivity index (χ2v) is 11.0. The van der Waals surface area contributed by atoms with Crippen LogP contribution in [0.4, 0.5) is 17.6 Å². The highest BCUT2D eigenvalue weighted by Gasteiger charge is 2.29. The van der Waals surface area contributed by atoms with Crippen molar-refractivity contribution in [2.24, 2.45) is 13.0 Å². The molecule has 3 heterocycles. The molecule has 1 aliphatic heterocycles. The standard InChI is InChI=1S/C20H26N8O2S2/c1-3-14-6-4-5-7-15(14)22-19-24-16(23-18(21)25-19)11-31-20-27-26-17(28(20)2)10-13-8-9-32(29,30)12-13/h4-7,13H,3,8-12H2,1-2H3,(H3,21,22,23,24,25). The van der Waals surface area contributed by atoms with Crippen LogP contribution in [0.15, 0.2) is 29.4 Å². The van der Waals surface area contributed by atoms with E-state index in [9.17, 15) is 8.42 Å². The van der Waals surface area contributed by atoms with Crippen molar-refractivity contribution in [3.8, 4) is 0 Å². The fraction of sp³-hybridized carbons (Fsp3) is 0.450. The molecule has 1 aromatic carbocycles. The maximum atomic E-state index is 11.7. The van der Waals surface area contributed by atoms with Gasteiger partial charge in [-0.15, -0.1) is 10.2 Å². The molecule has 4 rings (SSSR count). The van der Waals surface area contributed by atoms with E-state index in [-0.39, 0.29) is 23.4 Å². The number of sulfone groups is 1. The number of nitrogens with zero attached hydrogens (tertiary/aromatic N) is 6. The van der Waals surface area contributed by atoms with E-state index in [0.717, 1.165) is 23.5 Å². The van der Waals surface area contributed by atoms with Gasteiger partial charge in [0.2, 0.25) is 11.9 Å². The first-order chi connectivity index (χ1) is 15.3. The first-order valence-electron chi connectivity index (χ1n) is 10.4. The number of para-hydroxylation sites is 1. The summed E-state index contributed by atoms with van der Waals surface area (Å²) in [6, 6.07) is 7.98. The Bertz CT molecular complexity index is 1210. The number of hydrogen-bond donors (Lipinski definition) is 2. The van der Waals surface area contributed by atoms with Gasteiger partial charge in [0.05, 0.1) is 17.3 Å². The summed E-state index contributed by atoms with van der Waals surface area (Å²) in [7, 11) is -1.02. The zero-order valence-corrected chi connectivity index (χ0v) is 19.7. The van der Waals surface area contributed by atoms with Gasteiger partial charge in [0, 0.05) is 19.2 Å². The molecule has 0 bridgehead atoms. The number of aryl methyl sites for hydroxylation is 1. The third-order valence-electron chi connectivity index (χ3n) is 5.40. The Balaban J connectivity index is 1.42. The molecule has 1 aliphatic rings. The average Bonchev–Trinajstić information content (AvgIpc) is 3.28. The maximum absolute atomic E-state index is 11.7. The zero-order chi connectivity index (χ0) is 22.7. The van der Waals surface area contributed by atoms with Gasteiger partial charge in [0.25, 0.3) is 0 Å². The molecule has 1 atom stereocenters. The number of aromatic nitrogens is 6. The molecule has 12 heteroatoms. The van der Waals surface area contributed by atoms with Crippen LogP contribution in [0.25, 0.3) is 0 Å². The van der Waals surface area contributed by atoms with Gasteiger partial charge in [-0.3, -0.25) is 0 Å². The first-order valence-corrected chi connectivity index (χ1v) is 13.2. The van der Waals surface area contributed by atoms with E-state index in [1.807, 2.05) is 29.8 Å². The number of nitrogens with two attached hydrogens (primary N) is 1. The number of nitrogens with one attached hydrogen (secondary N) is 1. The normalized spacial score (nSPS) is 17.5. The second kappa shape index (κ2) is 9.41. The van der Waals surface area contributed by atoms with Crippen LogP contribution in [0.3, 0.4) is 0 Å². The predicted molar refractivity (Wildman–Crippen MR) is 124 cm³/mol. The Labute approximate surface area is 191 Å². The van der Waals surface area contributed by atoms with Gasteiger partial charge in [-0.05, 0) is 30.4 Å². The molecular weight excluding hydrogens is 448 g/mol. The minimum atomic E-state index is -2.91. The Kier molecular flexibility index (Phi) is 6.60. The predicted octanol–water partition coefficient (Wildman–Crippen LogP) is 2.16. The number of thioether (sulfide) groups is 1. The maximum Gasteiger partial charge on any atom is 0.232 e. The Hall–Kier alpha value is -2.73. The van der Waals surface area contributed by atoms with E-state index < -0.39 is 9.84 Å². The molecule has 0 spiro atoms. The first kappa shape index (κ1) is 22.5. The van der Waals surface area contributed by atoms with Crippen LogP contribution < -0.4 is 11.1 Å². The molecule has 0 saturated carbocycles. The third-order valence-corrected chi connectivity index (χ3v) is 8.25. The molecule has 0 amide bonds. The van der Waals surface area contributed by atoms with Gasteiger partial charge in [0.1, 0.15) is 11.6 Å². The van der Waals surface area contributed by atoms with Crippen molar-refractivity contribution in [1.82, 2.24) is 29.7 Å². The molecule has 2 aromatic heterocycles. The summed E-state index contributed by atoms with van der Waals surface area (Å²) in [5.41, 5.74) is 8.00. The highest BCUT2D eigenvalue weighted by atomic mass is 32.2. The number of nitrogen functional groups attached to an aromatic ring is 1. The smallest absolute Gasteiger partial charge is 0.232 e. The lowest BCUT2D eigenvalue weighted by atomic mass is 10.1. The summed E-state index contributed by atoms with van der Waals surface area (Å²) in [5, 5.41) is 12.5. The molecule has 1 fully saturated rings. The van der Waals surface area contributed by atoms with Crippen molar-refractivity contribution >= 4 is 39.2 Å². The number of benzene rings is 1. The van der Waals surface area contributed by atoms with Gasteiger partial charge in [-0.25, -0.2) is 8.42 Å². The van der Waals surface area contributed by atoms with Crippen molar-refractivity contribution in [2.45, 2.75) is 37.1 Å². The van der Waals surface area contributed by atoms with Crippen molar-refractivity contribution in [2.75, 3.05) is 22.6 Å². The largest absolute Gasteiger partial charge is 0.368 e. The molecule has 1 saturated heterocycles. The lowest BCUT2D eigenvalue weighted by Crippen LogP contribution is -2.11. The lowest BCUT2D eigenvalue weighted by molar-refractivity contribution is 0.552. The van der Waals surface area contributed by atoms with Gasteiger partial charge in [-0.1, -0.05) is 36.9 Å². The van der Waals surface area contributed by atoms with E-state index in [1.54, 1.807) is 0 Å². The van der Waals surface area contributed by atoms with Crippen LogP contribution in [0.1, 0.15) is 30.6 Å². The molecule has 3 aromatic rings. The molecule has 0 aliphatic carbocycles. The zero-order valence-electron chi connectivity index (χ0n) is 18.0. The summed E-state index contributed by atoms with van der Waals surface area (Å²) < 4.78 is 25.3. The summed E-state index contributed by atoms with van der Waals surface area (Å²) in [6.07, 6.45) is 2.17. The molecule has 10 nitrogen and oxygen atoms in total. The SMILES string of the molecule is CCc1ccccc1Nc1nc(N)nc(CSc2nnc(CC3CCS(=O)(=O)C3)n2C)n1.